The molecule has 0 saturated carbocycles. The van der Waals surface area contributed by atoms with Gasteiger partial charge in [-0.3, -0.25) is 14.7 Å². The highest BCUT2D eigenvalue weighted by atomic mass is 127. The van der Waals surface area contributed by atoms with Gasteiger partial charge in [-0.05, 0) is 5.56 Å². The quantitative estimate of drug-likeness (QED) is 0.334. The summed E-state index contributed by atoms with van der Waals surface area (Å²) in [6, 6.07) is 11.8. The van der Waals surface area contributed by atoms with Gasteiger partial charge in [0.25, 0.3) is 0 Å². The molecule has 2 aromatic rings. The van der Waals surface area contributed by atoms with Crippen molar-refractivity contribution in [2.24, 2.45) is 4.99 Å². The van der Waals surface area contributed by atoms with E-state index in [0.717, 1.165) is 49.9 Å². The van der Waals surface area contributed by atoms with Crippen molar-refractivity contribution >= 4 is 35.8 Å². The summed E-state index contributed by atoms with van der Waals surface area (Å²) in [4.78, 5) is 21.0. The van der Waals surface area contributed by atoms with E-state index in [4.69, 9.17) is 4.52 Å². The number of benzene rings is 1. The van der Waals surface area contributed by atoms with E-state index >= 15 is 0 Å². The summed E-state index contributed by atoms with van der Waals surface area (Å²) in [6.45, 7) is 5.57. The zero-order valence-corrected chi connectivity index (χ0v) is 19.0. The zero-order chi connectivity index (χ0) is 19.6. The summed E-state index contributed by atoms with van der Waals surface area (Å²) < 4.78 is 4.89. The number of carbonyl (C=O) groups is 1. The van der Waals surface area contributed by atoms with E-state index in [1.807, 2.05) is 36.4 Å². The minimum atomic E-state index is 0. The van der Waals surface area contributed by atoms with Gasteiger partial charge >= 0.3 is 0 Å². The Morgan fingerprint density at radius 1 is 1.14 bits per heavy atom. The molecule has 0 spiro atoms. The van der Waals surface area contributed by atoms with Crippen molar-refractivity contribution in [3.8, 4) is 0 Å². The molecule has 0 bridgehead atoms. The molecule has 1 aromatic heterocycles. The summed E-state index contributed by atoms with van der Waals surface area (Å²) in [5.41, 5.74) is 2.06. The zero-order valence-electron chi connectivity index (χ0n) is 16.7. The van der Waals surface area contributed by atoms with Gasteiger partial charge in [0.05, 0.1) is 5.69 Å². The molecular weight excluding hydrogens is 483 g/mol. The van der Waals surface area contributed by atoms with E-state index in [9.17, 15) is 4.79 Å². The first-order valence-electron chi connectivity index (χ1n) is 9.62. The summed E-state index contributed by atoms with van der Waals surface area (Å²) >= 11 is 0. The van der Waals surface area contributed by atoms with Crippen LogP contribution in [0.25, 0.3) is 0 Å². The predicted octanol–water partition coefficient (Wildman–Crippen LogP) is 1.69. The molecule has 29 heavy (non-hydrogen) atoms. The fourth-order valence-corrected chi connectivity index (χ4v) is 3.17. The van der Waals surface area contributed by atoms with Crippen LogP contribution in [0.15, 0.2) is 52.2 Å². The van der Waals surface area contributed by atoms with E-state index in [-0.39, 0.29) is 29.9 Å². The standard InChI is InChI=1S/C20H28N6O2.HI/c1-21-20(22-9-7-19(27)23-15-17-5-3-2-4-6-17)26-12-10-25(11-13-26)16-18-8-14-28-24-18;/h2-6,8,14H,7,9-13,15-16H2,1H3,(H,21,22)(H,23,27);1H. The highest BCUT2D eigenvalue weighted by Crippen LogP contribution is 2.07. The highest BCUT2D eigenvalue weighted by Gasteiger charge is 2.20. The lowest BCUT2D eigenvalue weighted by atomic mass is 10.2. The van der Waals surface area contributed by atoms with Gasteiger partial charge in [-0.2, -0.15) is 0 Å². The topological polar surface area (TPSA) is 86.0 Å². The maximum atomic E-state index is 12.0. The second kappa shape index (κ2) is 12.4. The van der Waals surface area contributed by atoms with Crippen molar-refractivity contribution in [1.29, 1.82) is 0 Å². The summed E-state index contributed by atoms with van der Waals surface area (Å²) in [5, 5.41) is 10.2. The van der Waals surface area contributed by atoms with Crippen LogP contribution in [-0.2, 0) is 17.9 Å². The van der Waals surface area contributed by atoms with Gasteiger partial charge in [0.1, 0.15) is 6.26 Å². The molecule has 9 heteroatoms. The number of hydrogen-bond acceptors (Lipinski definition) is 5. The van der Waals surface area contributed by atoms with E-state index in [0.29, 0.717) is 19.5 Å². The van der Waals surface area contributed by atoms with Crippen molar-refractivity contribution in [1.82, 2.24) is 25.6 Å². The number of rotatable bonds is 7. The molecule has 3 rings (SSSR count). The molecule has 158 valence electrons. The van der Waals surface area contributed by atoms with E-state index < -0.39 is 0 Å². The number of carbonyl (C=O) groups excluding carboxylic acids is 1. The summed E-state index contributed by atoms with van der Waals surface area (Å²) in [7, 11) is 1.78. The average molecular weight is 512 g/mol. The smallest absolute Gasteiger partial charge is 0.222 e. The number of halogens is 1. The third-order valence-corrected chi connectivity index (χ3v) is 4.73. The lowest BCUT2D eigenvalue weighted by Crippen LogP contribution is -2.52. The molecule has 2 N–H and O–H groups in total. The first kappa shape index (κ1) is 23.1. The van der Waals surface area contributed by atoms with Gasteiger partial charge in [-0.1, -0.05) is 35.5 Å². The number of nitrogens with one attached hydrogen (secondary N) is 2. The van der Waals surface area contributed by atoms with Gasteiger partial charge in [0.2, 0.25) is 5.91 Å². The molecule has 0 unspecified atom stereocenters. The first-order chi connectivity index (χ1) is 13.7. The van der Waals surface area contributed by atoms with Crippen LogP contribution in [0.4, 0.5) is 0 Å². The second-order valence-corrected chi connectivity index (χ2v) is 6.74. The number of amides is 1. The Labute approximate surface area is 188 Å². The molecule has 1 aromatic carbocycles. The Morgan fingerprint density at radius 3 is 2.55 bits per heavy atom. The van der Waals surface area contributed by atoms with Crippen molar-refractivity contribution in [3.63, 3.8) is 0 Å². The van der Waals surface area contributed by atoms with Crippen LogP contribution in [0.2, 0.25) is 0 Å². The number of aromatic nitrogens is 1. The van der Waals surface area contributed by atoms with Crippen molar-refractivity contribution in [2.75, 3.05) is 39.8 Å². The Morgan fingerprint density at radius 2 is 1.90 bits per heavy atom. The van der Waals surface area contributed by atoms with E-state index in [1.165, 1.54) is 0 Å². The average Bonchev–Trinajstić information content (AvgIpc) is 3.24. The van der Waals surface area contributed by atoms with Gasteiger partial charge in [0.15, 0.2) is 5.96 Å². The number of nitrogens with zero attached hydrogens (tertiary/aromatic N) is 4. The molecular formula is C20H29IN6O2. The highest BCUT2D eigenvalue weighted by molar-refractivity contribution is 14.0. The second-order valence-electron chi connectivity index (χ2n) is 6.74. The maximum Gasteiger partial charge on any atom is 0.222 e. The van der Waals surface area contributed by atoms with Crippen molar-refractivity contribution < 1.29 is 9.32 Å². The minimum absolute atomic E-state index is 0. The molecule has 0 atom stereocenters. The van der Waals surface area contributed by atoms with Gasteiger partial charge in [-0.25, -0.2) is 0 Å². The van der Waals surface area contributed by atoms with Gasteiger partial charge in [0, 0.05) is 65.3 Å². The Balaban J connectivity index is 0.00000300. The SMILES string of the molecule is CN=C(NCCC(=O)NCc1ccccc1)N1CCN(Cc2ccon2)CC1.I. The van der Waals surface area contributed by atoms with Crippen molar-refractivity contribution in [2.45, 2.75) is 19.5 Å². The monoisotopic (exact) mass is 512 g/mol. The molecule has 1 aliphatic rings. The number of hydrogen-bond donors (Lipinski definition) is 2. The molecule has 1 aliphatic heterocycles. The number of aliphatic imine (C=N–C) groups is 1. The van der Waals surface area contributed by atoms with Crippen molar-refractivity contribution in [3.05, 3.63) is 53.9 Å². The minimum Gasteiger partial charge on any atom is -0.364 e. The number of piperazine rings is 1. The van der Waals surface area contributed by atoms with Gasteiger partial charge < -0.3 is 20.1 Å². The fourth-order valence-electron chi connectivity index (χ4n) is 3.17. The van der Waals surface area contributed by atoms with Crippen LogP contribution in [0, 0.1) is 0 Å². The van der Waals surface area contributed by atoms with Crippen LogP contribution >= 0.6 is 24.0 Å². The molecule has 8 nitrogen and oxygen atoms in total. The lowest BCUT2D eigenvalue weighted by molar-refractivity contribution is -0.121. The van der Waals surface area contributed by atoms with Crippen LogP contribution in [0.1, 0.15) is 17.7 Å². The largest absolute Gasteiger partial charge is 0.364 e. The summed E-state index contributed by atoms with van der Waals surface area (Å²) in [5.74, 6) is 0.876. The van der Waals surface area contributed by atoms with E-state index in [2.05, 4.69) is 30.6 Å². The maximum absolute atomic E-state index is 12.0. The van der Waals surface area contributed by atoms with Gasteiger partial charge in [-0.15, -0.1) is 24.0 Å². The third kappa shape index (κ3) is 7.65. The van der Waals surface area contributed by atoms with Crippen LogP contribution in [0.5, 0.6) is 0 Å². The van der Waals surface area contributed by atoms with Crippen LogP contribution in [0.3, 0.4) is 0 Å². The van der Waals surface area contributed by atoms with E-state index in [1.54, 1.807) is 13.3 Å². The Kier molecular flexibility index (Phi) is 9.92. The fraction of sp³-hybridized carbons (Fsp3) is 0.450. The lowest BCUT2D eigenvalue weighted by Gasteiger charge is -2.36. The van der Waals surface area contributed by atoms with Crippen LogP contribution < -0.4 is 10.6 Å². The predicted molar refractivity (Wildman–Crippen MR) is 123 cm³/mol. The Hall–Kier alpha value is -2.14. The molecule has 1 amide bonds. The molecule has 0 radical (unpaired) electrons. The molecule has 0 aliphatic carbocycles. The first-order valence-corrected chi connectivity index (χ1v) is 9.62. The van der Waals surface area contributed by atoms with Crippen LogP contribution in [-0.4, -0.2) is 66.6 Å². The third-order valence-electron chi connectivity index (χ3n) is 4.73. The number of guanidine groups is 1. The molecule has 2 heterocycles. The molecule has 1 fully saturated rings. The summed E-state index contributed by atoms with van der Waals surface area (Å²) in [6.07, 6.45) is 2.02. The Bertz CT molecular complexity index is 746. The normalized spacial score (nSPS) is 14.9. The molecule has 1 saturated heterocycles.